The van der Waals surface area contributed by atoms with E-state index in [2.05, 4.69) is 5.32 Å². The molecule has 1 rings (SSSR count). The van der Waals surface area contributed by atoms with Gasteiger partial charge in [0.25, 0.3) is 0 Å². The van der Waals surface area contributed by atoms with Crippen molar-refractivity contribution >= 4 is 5.69 Å². The summed E-state index contributed by atoms with van der Waals surface area (Å²) in [6, 6.07) is 1.40. The Morgan fingerprint density at radius 3 is 2.68 bits per heavy atom. The van der Waals surface area contributed by atoms with E-state index in [1.807, 2.05) is 13.8 Å². The Bertz CT molecular complexity index is 455. The number of nitro groups is 1. The lowest BCUT2D eigenvalue weighted by Crippen LogP contribution is -2.30. The molecule has 0 saturated heterocycles. The zero-order chi connectivity index (χ0) is 14.4. The molecule has 7 heteroatoms. The molecule has 1 unspecified atom stereocenters. The molecule has 5 nitrogen and oxygen atoms in total. The van der Waals surface area contributed by atoms with Crippen LogP contribution in [0, 0.1) is 21.7 Å². The van der Waals surface area contributed by atoms with Gasteiger partial charge in [0.15, 0.2) is 0 Å². The van der Waals surface area contributed by atoms with Crippen LogP contribution in [0.5, 0.6) is 0 Å². The Morgan fingerprint density at radius 1 is 1.42 bits per heavy atom. The second kappa shape index (κ2) is 7.10. The molecular formula is C12H16F2N2O3. The summed E-state index contributed by atoms with van der Waals surface area (Å²) in [4.78, 5) is 9.69. The summed E-state index contributed by atoms with van der Waals surface area (Å²) in [6.45, 7) is 4.78. The Kier molecular flexibility index (Phi) is 5.78. The van der Waals surface area contributed by atoms with Crippen molar-refractivity contribution in [1.29, 1.82) is 0 Å². The number of benzene rings is 1. The fourth-order valence-electron chi connectivity index (χ4n) is 1.49. The van der Waals surface area contributed by atoms with Crippen LogP contribution < -0.4 is 5.32 Å². The van der Waals surface area contributed by atoms with E-state index in [0.717, 1.165) is 6.07 Å². The van der Waals surface area contributed by atoms with Crippen LogP contribution in [-0.2, 0) is 11.3 Å². The molecule has 0 radical (unpaired) electrons. The Balaban J connectivity index is 2.73. The minimum atomic E-state index is -1.17. The average Bonchev–Trinajstić information content (AvgIpc) is 2.34. The minimum Gasteiger partial charge on any atom is -0.380 e. The van der Waals surface area contributed by atoms with Gasteiger partial charge in [-0.3, -0.25) is 10.1 Å². The van der Waals surface area contributed by atoms with Gasteiger partial charge in [0.05, 0.1) is 11.5 Å². The lowest BCUT2D eigenvalue weighted by atomic mass is 10.1. The first kappa shape index (κ1) is 15.5. The second-order valence-electron chi connectivity index (χ2n) is 4.09. The van der Waals surface area contributed by atoms with Crippen molar-refractivity contribution in [3.05, 3.63) is 39.4 Å². The van der Waals surface area contributed by atoms with E-state index in [9.17, 15) is 18.9 Å². The molecule has 1 atom stereocenters. The van der Waals surface area contributed by atoms with Crippen LogP contribution >= 0.6 is 0 Å². The van der Waals surface area contributed by atoms with E-state index in [1.165, 1.54) is 0 Å². The largest absolute Gasteiger partial charge is 0.380 e. The van der Waals surface area contributed by atoms with E-state index in [0.29, 0.717) is 19.3 Å². The van der Waals surface area contributed by atoms with Crippen LogP contribution in [-0.4, -0.2) is 24.2 Å². The molecule has 0 saturated carbocycles. The monoisotopic (exact) mass is 274 g/mol. The van der Waals surface area contributed by atoms with E-state index < -0.39 is 22.2 Å². The zero-order valence-electron chi connectivity index (χ0n) is 10.8. The predicted molar refractivity (Wildman–Crippen MR) is 65.8 cm³/mol. The van der Waals surface area contributed by atoms with Gasteiger partial charge in [-0.2, -0.15) is 4.39 Å². The summed E-state index contributed by atoms with van der Waals surface area (Å²) in [7, 11) is 0. The molecule has 19 heavy (non-hydrogen) atoms. The average molecular weight is 274 g/mol. The number of hydrogen-bond acceptors (Lipinski definition) is 4. The second-order valence-corrected chi connectivity index (χ2v) is 4.09. The number of nitro benzene ring substituents is 1. The van der Waals surface area contributed by atoms with Gasteiger partial charge in [-0.1, -0.05) is 0 Å². The van der Waals surface area contributed by atoms with Crippen molar-refractivity contribution in [1.82, 2.24) is 5.32 Å². The fraction of sp³-hybridized carbons (Fsp3) is 0.500. The third kappa shape index (κ3) is 4.53. The third-order valence-electron chi connectivity index (χ3n) is 2.53. The molecule has 0 fully saturated rings. The van der Waals surface area contributed by atoms with Gasteiger partial charge in [0.2, 0.25) is 5.82 Å². The number of halogens is 2. The van der Waals surface area contributed by atoms with Crippen molar-refractivity contribution in [2.45, 2.75) is 26.4 Å². The lowest BCUT2D eigenvalue weighted by Gasteiger charge is -2.13. The number of ether oxygens (including phenoxy) is 1. The van der Waals surface area contributed by atoms with Gasteiger partial charge < -0.3 is 10.1 Å². The molecular weight excluding hydrogens is 258 g/mol. The molecule has 0 bridgehead atoms. The van der Waals surface area contributed by atoms with Gasteiger partial charge in [0, 0.05) is 36.9 Å². The predicted octanol–water partition coefficient (Wildman–Crippen LogP) is 2.39. The smallest absolute Gasteiger partial charge is 0.305 e. The van der Waals surface area contributed by atoms with Crippen molar-refractivity contribution in [2.24, 2.45) is 0 Å². The van der Waals surface area contributed by atoms with Crippen LogP contribution in [0.2, 0.25) is 0 Å². The van der Waals surface area contributed by atoms with Crippen LogP contribution in [0.1, 0.15) is 19.4 Å². The summed E-state index contributed by atoms with van der Waals surface area (Å²) in [5, 5.41) is 13.5. The quantitative estimate of drug-likeness (QED) is 0.612. The van der Waals surface area contributed by atoms with Crippen LogP contribution in [0.4, 0.5) is 14.5 Å². The van der Waals surface area contributed by atoms with Crippen LogP contribution in [0.25, 0.3) is 0 Å². The maximum absolute atomic E-state index is 13.5. The van der Waals surface area contributed by atoms with Gasteiger partial charge in [0.1, 0.15) is 5.82 Å². The molecule has 0 heterocycles. The summed E-state index contributed by atoms with van der Waals surface area (Å²) >= 11 is 0. The van der Waals surface area contributed by atoms with Crippen molar-refractivity contribution < 1.29 is 18.4 Å². The Morgan fingerprint density at radius 2 is 2.11 bits per heavy atom. The standard InChI is InChI=1S/C12H16F2N2O3/c1-3-19-7-8(2)15-6-9-4-12(16(17)18)11(14)5-10(9)13/h4-5,8,15H,3,6-7H2,1-2H3. The SMILES string of the molecule is CCOCC(C)NCc1cc([N+](=O)[O-])c(F)cc1F. The molecule has 0 aliphatic carbocycles. The highest BCUT2D eigenvalue weighted by molar-refractivity contribution is 5.37. The molecule has 1 aromatic rings. The summed E-state index contributed by atoms with van der Waals surface area (Å²) in [5.41, 5.74) is -0.674. The summed E-state index contributed by atoms with van der Waals surface area (Å²) in [5.74, 6) is -1.98. The van der Waals surface area contributed by atoms with E-state index in [-0.39, 0.29) is 18.2 Å². The van der Waals surface area contributed by atoms with Crippen molar-refractivity contribution in [3.8, 4) is 0 Å². The zero-order valence-corrected chi connectivity index (χ0v) is 10.8. The first-order valence-corrected chi connectivity index (χ1v) is 5.89. The van der Waals surface area contributed by atoms with E-state index >= 15 is 0 Å². The maximum Gasteiger partial charge on any atom is 0.305 e. The molecule has 106 valence electrons. The molecule has 0 aromatic heterocycles. The summed E-state index contributed by atoms with van der Waals surface area (Å²) in [6.07, 6.45) is 0. The fourth-order valence-corrected chi connectivity index (χ4v) is 1.49. The van der Waals surface area contributed by atoms with Crippen LogP contribution in [0.15, 0.2) is 12.1 Å². The maximum atomic E-state index is 13.5. The number of nitrogens with zero attached hydrogens (tertiary/aromatic N) is 1. The minimum absolute atomic E-state index is 0.0385. The van der Waals surface area contributed by atoms with Crippen LogP contribution in [0.3, 0.4) is 0 Å². The topological polar surface area (TPSA) is 64.4 Å². The van der Waals surface area contributed by atoms with Gasteiger partial charge >= 0.3 is 5.69 Å². The number of rotatable bonds is 7. The highest BCUT2D eigenvalue weighted by Gasteiger charge is 2.18. The normalized spacial score (nSPS) is 12.4. The first-order chi connectivity index (χ1) is 8.95. The molecule has 0 aliphatic rings. The molecule has 0 aliphatic heterocycles. The Labute approximate surface area is 109 Å². The molecule has 1 N–H and O–H groups in total. The molecule has 0 spiro atoms. The molecule has 0 amide bonds. The highest BCUT2D eigenvalue weighted by Crippen LogP contribution is 2.21. The van der Waals surface area contributed by atoms with Gasteiger partial charge in [-0.25, -0.2) is 4.39 Å². The van der Waals surface area contributed by atoms with Gasteiger partial charge in [-0.05, 0) is 13.8 Å². The third-order valence-corrected chi connectivity index (χ3v) is 2.53. The van der Waals surface area contributed by atoms with Crippen molar-refractivity contribution in [3.63, 3.8) is 0 Å². The summed E-state index contributed by atoms with van der Waals surface area (Å²) < 4.78 is 31.8. The first-order valence-electron chi connectivity index (χ1n) is 5.89. The van der Waals surface area contributed by atoms with E-state index in [4.69, 9.17) is 4.74 Å². The number of nitrogens with one attached hydrogen (secondary N) is 1. The number of hydrogen-bond donors (Lipinski definition) is 1. The van der Waals surface area contributed by atoms with E-state index in [1.54, 1.807) is 0 Å². The lowest BCUT2D eigenvalue weighted by molar-refractivity contribution is -0.387. The van der Waals surface area contributed by atoms with Crippen molar-refractivity contribution in [2.75, 3.05) is 13.2 Å². The molecule has 1 aromatic carbocycles. The highest BCUT2D eigenvalue weighted by atomic mass is 19.1. The Hall–Kier alpha value is -1.60. The van der Waals surface area contributed by atoms with Gasteiger partial charge in [-0.15, -0.1) is 0 Å².